The lowest BCUT2D eigenvalue weighted by molar-refractivity contribution is -0.103. The molecule has 0 atom stereocenters. The van der Waals surface area contributed by atoms with Crippen molar-refractivity contribution in [2.24, 2.45) is 0 Å². The Bertz CT molecular complexity index is 1110. The van der Waals surface area contributed by atoms with E-state index in [4.69, 9.17) is 4.74 Å². The fraction of sp³-hybridized carbons (Fsp3) is 0.231. The summed E-state index contributed by atoms with van der Waals surface area (Å²) in [5.41, 5.74) is 3.67. The number of carbonyl (C=O) groups excluding carboxylic acids is 2. The quantitative estimate of drug-likeness (QED) is 0.336. The average Bonchev–Trinajstić information content (AvgIpc) is 3.38. The summed E-state index contributed by atoms with van der Waals surface area (Å²) >= 11 is 1.64. The van der Waals surface area contributed by atoms with E-state index in [1.165, 1.54) is 0 Å². The van der Waals surface area contributed by atoms with Crippen LogP contribution in [0.15, 0.2) is 60.0 Å². The molecule has 0 unspecified atom stereocenters. The number of carbonyl (C=O) groups is 2. The van der Waals surface area contributed by atoms with Crippen molar-refractivity contribution in [2.75, 3.05) is 20.2 Å². The van der Waals surface area contributed by atoms with Gasteiger partial charge in [-0.1, -0.05) is 18.2 Å². The maximum absolute atomic E-state index is 12.7. The van der Waals surface area contributed by atoms with Crippen molar-refractivity contribution in [1.29, 1.82) is 0 Å². The summed E-state index contributed by atoms with van der Waals surface area (Å²) in [6, 6.07) is 17.1. The number of piperidine rings is 1. The van der Waals surface area contributed by atoms with Gasteiger partial charge in [-0.25, -0.2) is 0 Å². The van der Waals surface area contributed by atoms with Crippen molar-refractivity contribution in [3.63, 3.8) is 0 Å². The van der Waals surface area contributed by atoms with Crippen LogP contribution in [0.5, 0.6) is 5.75 Å². The Hall–Kier alpha value is -3.22. The van der Waals surface area contributed by atoms with Crippen LogP contribution in [0.4, 0.5) is 0 Å². The van der Waals surface area contributed by atoms with Crippen LogP contribution in [0.25, 0.3) is 22.1 Å². The Labute approximate surface area is 191 Å². The normalized spacial score (nSPS) is 14.9. The molecule has 2 heterocycles. The Kier molecular flexibility index (Phi) is 6.83. The van der Waals surface area contributed by atoms with Crippen LogP contribution in [-0.4, -0.2) is 48.5 Å². The van der Waals surface area contributed by atoms with E-state index in [9.17, 15) is 14.7 Å². The van der Waals surface area contributed by atoms with Crippen LogP contribution in [0.3, 0.4) is 0 Å². The summed E-state index contributed by atoms with van der Waals surface area (Å²) in [6.45, 7) is 1.13. The predicted octanol–water partition coefficient (Wildman–Crippen LogP) is 4.76. The molecule has 0 radical (unpaired) electrons. The Morgan fingerprint density at radius 2 is 1.88 bits per heavy atom. The largest absolute Gasteiger partial charge is 0.496 e. The van der Waals surface area contributed by atoms with Gasteiger partial charge in [-0.15, -0.1) is 11.3 Å². The van der Waals surface area contributed by atoms with Crippen molar-refractivity contribution >= 4 is 35.2 Å². The second-order valence-corrected chi connectivity index (χ2v) is 8.70. The number of hydrogen-bond donors (Lipinski definition) is 1. The molecule has 0 bridgehead atoms. The number of thiophene rings is 1. The number of nitrogens with zero attached hydrogens (tertiary/aromatic N) is 1. The number of hydrogen-bond acceptors (Lipinski definition) is 5. The summed E-state index contributed by atoms with van der Waals surface area (Å²) in [4.78, 5) is 27.6. The molecular weight excluding hydrogens is 422 g/mol. The van der Waals surface area contributed by atoms with E-state index in [1.54, 1.807) is 41.6 Å². The molecule has 1 amide bonds. The first-order valence-corrected chi connectivity index (χ1v) is 11.4. The maximum atomic E-state index is 12.7. The maximum Gasteiger partial charge on any atom is 0.253 e. The number of amides is 1. The van der Waals surface area contributed by atoms with Crippen LogP contribution in [0.1, 0.15) is 34.3 Å². The zero-order valence-corrected chi connectivity index (χ0v) is 18.7. The monoisotopic (exact) mass is 447 g/mol. The van der Waals surface area contributed by atoms with E-state index in [1.807, 2.05) is 47.8 Å². The number of ether oxygens (including phenoxy) is 1. The van der Waals surface area contributed by atoms with Crippen LogP contribution in [-0.2, 0) is 4.79 Å². The minimum Gasteiger partial charge on any atom is -0.496 e. The summed E-state index contributed by atoms with van der Waals surface area (Å²) in [5, 5.41) is 11.7. The molecule has 1 aromatic heterocycles. The topological polar surface area (TPSA) is 66.8 Å². The van der Waals surface area contributed by atoms with Gasteiger partial charge >= 0.3 is 0 Å². The smallest absolute Gasteiger partial charge is 0.253 e. The molecule has 5 nitrogen and oxygen atoms in total. The average molecular weight is 448 g/mol. The molecule has 1 fully saturated rings. The molecule has 0 spiro atoms. The third-order valence-electron chi connectivity index (χ3n) is 5.67. The van der Waals surface area contributed by atoms with Gasteiger partial charge < -0.3 is 14.7 Å². The first kappa shape index (κ1) is 22.0. The van der Waals surface area contributed by atoms with Crippen molar-refractivity contribution in [2.45, 2.75) is 18.9 Å². The third-order valence-corrected chi connectivity index (χ3v) is 6.59. The van der Waals surface area contributed by atoms with Gasteiger partial charge in [0.05, 0.1) is 13.2 Å². The zero-order valence-electron chi connectivity index (χ0n) is 17.9. The summed E-state index contributed by atoms with van der Waals surface area (Å²) < 4.78 is 5.50. The lowest BCUT2D eigenvalue weighted by Crippen LogP contribution is -2.40. The summed E-state index contributed by atoms with van der Waals surface area (Å²) in [7, 11) is 1.59. The number of likely N-dealkylation sites (tertiary alicyclic amines) is 1. The minimum atomic E-state index is -0.316. The van der Waals surface area contributed by atoms with Crippen molar-refractivity contribution in [3.05, 3.63) is 76.7 Å². The molecule has 1 N–H and O–H groups in total. The van der Waals surface area contributed by atoms with Gasteiger partial charge in [-0.2, -0.15) is 0 Å². The molecule has 3 aromatic rings. The van der Waals surface area contributed by atoms with Crippen molar-refractivity contribution < 1.29 is 19.4 Å². The fourth-order valence-electron chi connectivity index (χ4n) is 3.86. The number of methoxy groups -OCH3 is 1. The highest BCUT2D eigenvalue weighted by Crippen LogP contribution is 2.33. The van der Waals surface area contributed by atoms with Gasteiger partial charge in [-0.05, 0) is 71.8 Å². The molecule has 1 saturated heterocycles. The molecule has 2 aromatic carbocycles. The lowest BCUT2D eigenvalue weighted by Gasteiger charge is -2.29. The lowest BCUT2D eigenvalue weighted by atomic mass is 9.99. The molecule has 0 saturated carbocycles. The number of rotatable bonds is 6. The van der Waals surface area contributed by atoms with Crippen LogP contribution in [0, 0.1) is 0 Å². The third kappa shape index (κ3) is 4.82. The molecule has 0 aliphatic carbocycles. The Morgan fingerprint density at radius 3 is 2.50 bits per heavy atom. The van der Waals surface area contributed by atoms with Crippen LogP contribution >= 0.6 is 11.3 Å². The highest BCUT2D eigenvalue weighted by Gasteiger charge is 2.22. The van der Waals surface area contributed by atoms with Gasteiger partial charge in [0.2, 0.25) is 0 Å². The van der Waals surface area contributed by atoms with Gasteiger partial charge in [0.15, 0.2) is 6.29 Å². The number of allylic oxidation sites excluding steroid dienone is 1. The highest BCUT2D eigenvalue weighted by molar-refractivity contribution is 7.13. The van der Waals surface area contributed by atoms with E-state index >= 15 is 0 Å². The first-order chi connectivity index (χ1) is 15.6. The van der Waals surface area contributed by atoms with Crippen LogP contribution in [0.2, 0.25) is 0 Å². The van der Waals surface area contributed by atoms with E-state index in [-0.39, 0.29) is 12.0 Å². The highest BCUT2D eigenvalue weighted by atomic mass is 32.1. The standard InChI is InChI=1S/C26H25NO4S/c1-31-24-9-8-20(25-3-2-14-32-25)16-23(24)21(17-28)15-18-4-6-19(7-5-18)26(30)27-12-10-22(29)11-13-27/h2-9,14-17,22,29H,10-13H2,1H3. The SMILES string of the molecule is COc1ccc(-c2cccs2)cc1C(C=O)=Cc1ccc(C(=O)N2CCC(O)CC2)cc1. The zero-order chi connectivity index (χ0) is 22.5. The molecular formula is C26H25NO4S. The molecule has 1 aliphatic heterocycles. The van der Waals surface area contributed by atoms with Crippen LogP contribution < -0.4 is 4.74 Å². The molecule has 164 valence electrons. The van der Waals surface area contributed by atoms with E-state index in [2.05, 4.69) is 0 Å². The number of aliphatic hydroxyl groups is 1. The molecule has 32 heavy (non-hydrogen) atoms. The van der Waals surface area contributed by atoms with Gasteiger partial charge in [0, 0.05) is 34.7 Å². The first-order valence-electron chi connectivity index (χ1n) is 10.6. The number of benzene rings is 2. The predicted molar refractivity (Wildman–Crippen MR) is 128 cm³/mol. The van der Waals surface area contributed by atoms with E-state index in [0.717, 1.165) is 27.9 Å². The van der Waals surface area contributed by atoms with E-state index in [0.29, 0.717) is 42.8 Å². The molecule has 6 heteroatoms. The number of aldehydes is 1. The van der Waals surface area contributed by atoms with Gasteiger partial charge in [0.1, 0.15) is 5.75 Å². The molecule has 1 aliphatic rings. The second kappa shape index (κ2) is 9.94. The Morgan fingerprint density at radius 1 is 1.12 bits per heavy atom. The second-order valence-electron chi connectivity index (χ2n) is 7.76. The minimum absolute atomic E-state index is 0.0339. The summed E-state index contributed by atoms with van der Waals surface area (Å²) in [5.74, 6) is 0.594. The number of aliphatic hydroxyl groups excluding tert-OH is 1. The summed E-state index contributed by atoms with van der Waals surface area (Å²) in [6.07, 6.45) is 3.54. The van der Waals surface area contributed by atoms with Gasteiger partial charge in [0.25, 0.3) is 5.91 Å². The van der Waals surface area contributed by atoms with Crippen molar-refractivity contribution in [3.8, 4) is 16.2 Å². The van der Waals surface area contributed by atoms with Gasteiger partial charge in [-0.3, -0.25) is 9.59 Å². The molecule has 4 rings (SSSR count). The van der Waals surface area contributed by atoms with Crippen molar-refractivity contribution in [1.82, 2.24) is 4.90 Å². The fourth-order valence-corrected chi connectivity index (χ4v) is 4.58. The Balaban J connectivity index is 1.59. The van der Waals surface area contributed by atoms with E-state index < -0.39 is 0 Å².